The van der Waals surface area contributed by atoms with Crippen molar-refractivity contribution in [3.63, 3.8) is 0 Å². The molecule has 0 radical (unpaired) electrons. The predicted octanol–water partition coefficient (Wildman–Crippen LogP) is 3.79. The van der Waals surface area contributed by atoms with Crippen molar-refractivity contribution in [1.82, 2.24) is 0 Å². The van der Waals surface area contributed by atoms with E-state index in [1.807, 2.05) is 37.2 Å². The SMILES string of the molecule is CN(C)c1c(Cl)cccc1NC(=O)c1ccc(N2CCCC2=O)cc1. The van der Waals surface area contributed by atoms with E-state index in [-0.39, 0.29) is 11.8 Å². The summed E-state index contributed by atoms with van der Waals surface area (Å²) in [6.45, 7) is 0.735. The number of hydrogen-bond donors (Lipinski definition) is 1. The molecule has 2 aromatic carbocycles. The molecule has 0 spiro atoms. The van der Waals surface area contributed by atoms with Gasteiger partial charge in [0, 0.05) is 38.3 Å². The maximum atomic E-state index is 12.5. The number of nitrogens with one attached hydrogen (secondary N) is 1. The molecule has 0 unspecified atom stereocenters. The minimum atomic E-state index is -0.218. The zero-order valence-electron chi connectivity index (χ0n) is 14.3. The molecule has 1 N–H and O–H groups in total. The van der Waals surface area contributed by atoms with E-state index in [0.29, 0.717) is 22.7 Å². The fourth-order valence-corrected chi connectivity index (χ4v) is 3.32. The van der Waals surface area contributed by atoms with Gasteiger partial charge in [-0.2, -0.15) is 0 Å². The minimum Gasteiger partial charge on any atom is -0.375 e. The minimum absolute atomic E-state index is 0.131. The Kier molecular flexibility index (Phi) is 4.95. The number of carbonyl (C=O) groups excluding carboxylic acids is 2. The van der Waals surface area contributed by atoms with Crippen molar-refractivity contribution in [2.24, 2.45) is 0 Å². The van der Waals surface area contributed by atoms with Crippen molar-refractivity contribution in [3.05, 3.63) is 53.1 Å². The van der Waals surface area contributed by atoms with Crippen LogP contribution in [-0.4, -0.2) is 32.5 Å². The second-order valence-electron chi connectivity index (χ2n) is 6.18. The first kappa shape index (κ1) is 17.3. The second-order valence-corrected chi connectivity index (χ2v) is 6.59. The second kappa shape index (κ2) is 7.15. The van der Waals surface area contributed by atoms with E-state index in [2.05, 4.69) is 5.32 Å². The summed E-state index contributed by atoms with van der Waals surface area (Å²) >= 11 is 6.23. The number of para-hydroxylation sites is 1. The lowest BCUT2D eigenvalue weighted by atomic mass is 10.1. The molecule has 1 fully saturated rings. The van der Waals surface area contributed by atoms with E-state index < -0.39 is 0 Å². The van der Waals surface area contributed by atoms with Gasteiger partial charge >= 0.3 is 0 Å². The molecule has 2 aromatic rings. The number of amides is 2. The molecule has 0 bridgehead atoms. The average molecular weight is 358 g/mol. The van der Waals surface area contributed by atoms with E-state index in [4.69, 9.17) is 11.6 Å². The summed E-state index contributed by atoms with van der Waals surface area (Å²) in [6.07, 6.45) is 1.47. The lowest BCUT2D eigenvalue weighted by molar-refractivity contribution is -0.117. The van der Waals surface area contributed by atoms with Crippen molar-refractivity contribution in [2.45, 2.75) is 12.8 Å². The monoisotopic (exact) mass is 357 g/mol. The molecular formula is C19H20ClN3O2. The fourth-order valence-electron chi connectivity index (χ4n) is 2.98. The summed E-state index contributed by atoms with van der Waals surface area (Å²) < 4.78 is 0. The van der Waals surface area contributed by atoms with Crippen LogP contribution in [-0.2, 0) is 4.79 Å². The van der Waals surface area contributed by atoms with E-state index in [1.165, 1.54) is 0 Å². The molecule has 1 heterocycles. The zero-order valence-corrected chi connectivity index (χ0v) is 15.0. The number of nitrogens with zero attached hydrogens (tertiary/aromatic N) is 2. The normalized spacial score (nSPS) is 13.9. The molecule has 5 nitrogen and oxygen atoms in total. The number of carbonyl (C=O) groups is 2. The largest absolute Gasteiger partial charge is 0.375 e. The van der Waals surface area contributed by atoms with Crippen LogP contribution in [0.4, 0.5) is 17.1 Å². The highest BCUT2D eigenvalue weighted by atomic mass is 35.5. The number of anilines is 3. The van der Waals surface area contributed by atoms with Crippen molar-refractivity contribution in [3.8, 4) is 0 Å². The maximum absolute atomic E-state index is 12.5. The van der Waals surface area contributed by atoms with Gasteiger partial charge in [0.15, 0.2) is 0 Å². The standard InChI is InChI=1S/C19H20ClN3O2/c1-22(2)18-15(20)5-3-6-16(18)21-19(25)13-8-10-14(11-9-13)23-12-4-7-17(23)24/h3,5-6,8-11H,4,7,12H2,1-2H3,(H,21,25). The van der Waals surface area contributed by atoms with Gasteiger partial charge in [-0.3, -0.25) is 9.59 Å². The van der Waals surface area contributed by atoms with Gasteiger partial charge in [0.1, 0.15) is 0 Å². The Bertz CT molecular complexity index is 803. The summed E-state index contributed by atoms with van der Waals surface area (Å²) in [4.78, 5) is 28.0. The maximum Gasteiger partial charge on any atom is 0.255 e. The average Bonchev–Trinajstić information content (AvgIpc) is 3.00. The third-order valence-corrected chi connectivity index (χ3v) is 4.50. The van der Waals surface area contributed by atoms with Crippen molar-refractivity contribution >= 4 is 40.5 Å². The molecule has 1 aliphatic heterocycles. The molecule has 6 heteroatoms. The van der Waals surface area contributed by atoms with Crippen LogP contribution in [0, 0.1) is 0 Å². The molecule has 2 amide bonds. The summed E-state index contributed by atoms with van der Waals surface area (Å²) in [5.74, 6) is -0.0866. The zero-order chi connectivity index (χ0) is 18.0. The quantitative estimate of drug-likeness (QED) is 0.905. The van der Waals surface area contributed by atoms with Crippen molar-refractivity contribution in [2.75, 3.05) is 35.8 Å². The van der Waals surface area contributed by atoms with Crippen LogP contribution in [0.1, 0.15) is 23.2 Å². The Labute approximate surface area is 152 Å². The van der Waals surface area contributed by atoms with Crippen LogP contribution in [0.2, 0.25) is 5.02 Å². The van der Waals surface area contributed by atoms with E-state index >= 15 is 0 Å². The van der Waals surface area contributed by atoms with Crippen LogP contribution in [0.5, 0.6) is 0 Å². The topological polar surface area (TPSA) is 52.7 Å². The Hall–Kier alpha value is -2.53. The number of halogens is 1. The third kappa shape index (κ3) is 3.61. The van der Waals surface area contributed by atoms with Crippen LogP contribution in [0.25, 0.3) is 0 Å². The van der Waals surface area contributed by atoms with Gasteiger partial charge in [0.25, 0.3) is 5.91 Å². The molecule has 0 aliphatic carbocycles. The van der Waals surface area contributed by atoms with Crippen molar-refractivity contribution < 1.29 is 9.59 Å². The summed E-state index contributed by atoms with van der Waals surface area (Å²) in [7, 11) is 3.75. The first-order chi connectivity index (χ1) is 12.0. The summed E-state index contributed by atoms with van der Waals surface area (Å²) in [5.41, 5.74) is 2.77. The molecule has 130 valence electrons. The molecule has 0 atom stereocenters. The van der Waals surface area contributed by atoms with Gasteiger partial charge in [-0.15, -0.1) is 0 Å². The van der Waals surface area contributed by atoms with Gasteiger partial charge in [-0.1, -0.05) is 17.7 Å². The van der Waals surface area contributed by atoms with Crippen LogP contribution >= 0.6 is 11.6 Å². The lowest BCUT2D eigenvalue weighted by Gasteiger charge is -2.19. The van der Waals surface area contributed by atoms with Gasteiger partial charge in [-0.25, -0.2) is 0 Å². The number of rotatable bonds is 4. The predicted molar refractivity (Wildman–Crippen MR) is 102 cm³/mol. The Morgan fingerprint density at radius 1 is 1.16 bits per heavy atom. The molecule has 25 heavy (non-hydrogen) atoms. The summed E-state index contributed by atoms with van der Waals surface area (Å²) in [6, 6.07) is 12.5. The fraction of sp³-hybridized carbons (Fsp3) is 0.263. The Morgan fingerprint density at radius 2 is 1.88 bits per heavy atom. The molecule has 1 aliphatic rings. The lowest BCUT2D eigenvalue weighted by Crippen LogP contribution is -2.23. The van der Waals surface area contributed by atoms with Crippen LogP contribution < -0.4 is 15.1 Å². The van der Waals surface area contributed by atoms with Crippen molar-refractivity contribution in [1.29, 1.82) is 0 Å². The van der Waals surface area contributed by atoms with Gasteiger partial charge in [-0.05, 0) is 42.8 Å². The van der Waals surface area contributed by atoms with E-state index in [1.54, 1.807) is 29.2 Å². The smallest absolute Gasteiger partial charge is 0.255 e. The third-order valence-electron chi connectivity index (χ3n) is 4.20. The Balaban J connectivity index is 1.78. The van der Waals surface area contributed by atoms with Crippen LogP contribution in [0.3, 0.4) is 0 Å². The van der Waals surface area contributed by atoms with Gasteiger partial charge in [0.2, 0.25) is 5.91 Å². The highest BCUT2D eigenvalue weighted by Crippen LogP contribution is 2.32. The van der Waals surface area contributed by atoms with Crippen LogP contribution in [0.15, 0.2) is 42.5 Å². The number of hydrogen-bond acceptors (Lipinski definition) is 3. The van der Waals surface area contributed by atoms with Gasteiger partial charge < -0.3 is 15.1 Å². The molecular weight excluding hydrogens is 338 g/mol. The molecule has 0 saturated carbocycles. The molecule has 1 saturated heterocycles. The summed E-state index contributed by atoms with van der Waals surface area (Å²) in [5, 5.41) is 3.48. The van der Waals surface area contributed by atoms with E-state index in [9.17, 15) is 9.59 Å². The first-order valence-electron chi connectivity index (χ1n) is 8.15. The van der Waals surface area contributed by atoms with E-state index in [0.717, 1.165) is 24.3 Å². The van der Waals surface area contributed by atoms with Gasteiger partial charge in [0.05, 0.1) is 16.4 Å². The molecule has 3 rings (SSSR count). The number of benzene rings is 2. The Morgan fingerprint density at radius 3 is 2.48 bits per heavy atom. The highest BCUT2D eigenvalue weighted by molar-refractivity contribution is 6.34. The first-order valence-corrected chi connectivity index (χ1v) is 8.53. The molecule has 0 aromatic heterocycles. The highest BCUT2D eigenvalue weighted by Gasteiger charge is 2.21.